The number of morpholine rings is 1. The van der Waals surface area contributed by atoms with E-state index in [1.54, 1.807) is 26.1 Å². The van der Waals surface area contributed by atoms with E-state index in [9.17, 15) is 4.79 Å². The molecule has 1 unspecified atom stereocenters. The molecule has 156 valence electrons. The summed E-state index contributed by atoms with van der Waals surface area (Å²) >= 11 is 0. The molecule has 0 amide bonds. The summed E-state index contributed by atoms with van der Waals surface area (Å²) in [6.07, 6.45) is 0.162. The lowest BCUT2D eigenvalue weighted by Crippen LogP contribution is -2.50. The molecule has 2 N–H and O–H groups in total. The molecule has 0 bridgehead atoms. The average molecular weight is 391 g/mol. The zero-order valence-corrected chi connectivity index (χ0v) is 17.5. The first-order chi connectivity index (χ1) is 13.5. The van der Waals surface area contributed by atoms with Gasteiger partial charge in [-0.15, -0.1) is 0 Å². The minimum absolute atomic E-state index is 0.162. The van der Waals surface area contributed by atoms with Crippen molar-refractivity contribution in [1.82, 2.24) is 15.5 Å². The third kappa shape index (κ3) is 7.48. The molecule has 1 aliphatic rings. The van der Waals surface area contributed by atoms with Gasteiger partial charge in [-0.2, -0.15) is 0 Å². The molecule has 1 aromatic carbocycles. The summed E-state index contributed by atoms with van der Waals surface area (Å²) < 4.78 is 10.9. The van der Waals surface area contributed by atoms with E-state index in [-0.39, 0.29) is 12.1 Å². The fourth-order valence-electron chi connectivity index (χ4n) is 3.18. The van der Waals surface area contributed by atoms with Crippen LogP contribution in [0.5, 0.6) is 0 Å². The lowest BCUT2D eigenvalue weighted by molar-refractivity contribution is -0.0284. The third-order valence-electron chi connectivity index (χ3n) is 4.49. The second-order valence-corrected chi connectivity index (χ2v) is 7.37. The van der Waals surface area contributed by atoms with Gasteiger partial charge in [-0.05, 0) is 30.5 Å². The van der Waals surface area contributed by atoms with Crippen molar-refractivity contribution >= 4 is 11.9 Å². The summed E-state index contributed by atoms with van der Waals surface area (Å²) in [5, 5.41) is 6.64. The molecular weight excluding hydrogens is 356 g/mol. The van der Waals surface area contributed by atoms with Crippen molar-refractivity contribution in [3.63, 3.8) is 0 Å². The van der Waals surface area contributed by atoms with Gasteiger partial charge >= 0.3 is 5.97 Å². The van der Waals surface area contributed by atoms with Crippen molar-refractivity contribution in [3.05, 3.63) is 35.4 Å². The largest absolute Gasteiger partial charge is 0.462 e. The minimum Gasteiger partial charge on any atom is -0.462 e. The van der Waals surface area contributed by atoms with Crippen LogP contribution in [0.25, 0.3) is 0 Å². The van der Waals surface area contributed by atoms with Crippen LogP contribution in [0.2, 0.25) is 0 Å². The van der Waals surface area contributed by atoms with Crippen LogP contribution < -0.4 is 10.6 Å². The number of benzene rings is 1. The first-order valence-corrected chi connectivity index (χ1v) is 10.1. The lowest BCUT2D eigenvalue weighted by Gasteiger charge is -2.34. The number of rotatable bonds is 8. The van der Waals surface area contributed by atoms with E-state index in [0.717, 1.165) is 44.3 Å². The summed E-state index contributed by atoms with van der Waals surface area (Å²) in [5.41, 5.74) is 1.63. The number of ether oxygens (including phenoxy) is 2. The Bertz CT molecular complexity index is 631. The Morgan fingerprint density at radius 2 is 2.07 bits per heavy atom. The number of carbonyl (C=O) groups is 1. The van der Waals surface area contributed by atoms with Gasteiger partial charge in [-0.25, -0.2) is 4.79 Å². The zero-order chi connectivity index (χ0) is 20.4. The quantitative estimate of drug-likeness (QED) is 0.401. The molecule has 1 saturated heterocycles. The second kappa shape index (κ2) is 11.7. The van der Waals surface area contributed by atoms with Gasteiger partial charge in [0.2, 0.25) is 0 Å². The van der Waals surface area contributed by atoms with Gasteiger partial charge in [-0.3, -0.25) is 9.89 Å². The van der Waals surface area contributed by atoms with E-state index >= 15 is 0 Å². The normalized spacial score (nSPS) is 18.2. The average Bonchev–Trinajstić information content (AvgIpc) is 2.68. The Hall–Kier alpha value is -2.12. The number of guanidine groups is 1. The molecular formula is C21H34N4O3. The Kier molecular flexibility index (Phi) is 9.23. The Morgan fingerprint density at radius 1 is 1.32 bits per heavy atom. The van der Waals surface area contributed by atoms with Crippen molar-refractivity contribution < 1.29 is 14.3 Å². The molecule has 1 aromatic rings. The fourth-order valence-corrected chi connectivity index (χ4v) is 3.18. The molecule has 1 fully saturated rings. The maximum absolute atomic E-state index is 11.7. The van der Waals surface area contributed by atoms with Crippen molar-refractivity contribution in [2.24, 2.45) is 10.9 Å². The summed E-state index contributed by atoms with van der Waals surface area (Å²) in [4.78, 5) is 18.4. The molecule has 1 heterocycles. The number of hydrogen-bond donors (Lipinski definition) is 2. The van der Waals surface area contributed by atoms with Gasteiger partial charge in [-0.1, -0.05) is 26.0 Å². The maximum Gasteiger partial charge on any atom is 0.338 e. The standard InChI is InChI=1S/C21H34N4O3/c1-5-27-20(26)18-8-6-17(7-9-18)12-23-21(22-4)24-13-19-15-25(10-11-28-19)14-16(2)3/h6-9,16,19H,5,10-15H2,1-4H3,(H2,22,23,24). The molecule has 0 aliphatic carbocycles. The predicted octanol–water partition coefficient (Wildman–Crippen LogP) is 1.89. The highest BCUT2D eigenvalue weighted by molar-refractivity contribution is 5.89. The van der Waals surface area contributed by atoms with Crippen LogP contribution >= 0.6 is 0 Å². The topological polar surface area (TPSA) is 75.2 Å². The van der Waals surface area contributed by atoms with Crippen LogP contribution in [-0.2, 0) is 16.0 Å². The van der Waals surface area contributed by atoms with E-state index in [1.165, 1.54) is 0 Å². The number of nitrogens with zero attached hydrogens (tertiary/aromatic N) is 2. The van der Waals surface area contributed by atoms with Crippen LogP contribution in [0.3, 0.4) is 0 Å². The highest BCUT2D eigenvalue weighted by Crippen LogP contribution is 2.08. The molecule has 7 heteroatoms. The number of hydrogen-bond acceptors (Lipinski definition) is 5. The van der Waals surface area contributed by atoms with Crippen molar-refractivity contribution in [2.75, 3.05) is 46.4 Å². The number of nitrogens with one attached hydrogen (secondary N) is 2. The Morgan fingerprint density at radius 3 is 2.71 bits per heavy atom. The molecule has 1 atom stereocenters. The lowest BCUT2D eigenvalue weighted by atomic mass is 10.1. The summed E-state index contributed by atoms with van der Waals surface area (Å²) in [6, 6.07) is 7.40. The van der Waals surface area contributed by atoms with E-state index in [2.05, 4.69) is 34.4 Å². The van der Waals surface area contributed by atoms with Gasteiger partial charge in [0.15, 0.2) is 5.96 Å². The van der Waals surface area contributed by atoms with Gasteiger partial charge in [0.1, 0.15) is 0 Å². The predicted molar refractivity (Wildman–Crippen MR) is 112 cm³/mol. The highest BCUT2D eigenvalue weighted by atomic mass is 16.5. The molecule has 0 radical (unpaired) electrons. The molecule has 1 aliphatic heterocycles. The number of esters is 1. The van der Waals surface area contributed by atoms with Crippen LogP contribution in [0, 0.1) is 5.92 Å². The molecule has 28 heavy (non-hydrogen) atoms. The van der Waals surface area contributed by atoms with Gasteiger partial charge in [0.25, 0.3) is 0 Å². The number of carbonyl (C=O) groups excluding carboxylic acids is 1. The van der Waals surface area contributed by atoms with Gasteiger partial charge in [0.05, 0.1) is 24.9 Å². The highest BCUT2D eigenvalue weighted by Gasteiger charge is 2.21. The zero-order valence-electron chi connectivity index (χ0n) is 17.5. The SMILES string of the molecule is CCOC(=O)c1ccc(CNC(=NC)NCC2CN(CC(C)C)CCO2)cc1. The summed E-state index contributed by atoms with van der Waals surface area (Å²) in [7, 11) is 1.76. The van der Waals surface area contributed by atoms with Crippen LogP contribution in [0.1, 0.15) is 36.7 Å². The second-order valence-electron chi connectivity index (χ2n) is 7.37. The van der Waals surface area contributed by atoms with Crippen LogP contribution in [0.4, 0.5) is 0 Å². The van der Waals surface area contributed by atoms with E-state index in [1.807, 2.05) is 12.1 Å². The van der Waals surface area contributed by atoms with E-state index < -0.39 is 0 Å². The van der Waals surface area contributed by atoms with Crippen LogP contribution in [-0.4, -0.2) is 69.4 Å². The minimum atomic E-state index is -0.293. The summed E-state index contributed by atoms with van der Waals surface area (Å²) in [6.45, 7) is 11.8. The Balaban J connectivity index is 1.76. The van der Waals surface area contributed by atoms with Gasteiger partial charge < -0.3 is 20.1 Å². The van der Waals surface area contributed by atoms with Crippen molar-refractivity contribution in [1.29, 1.82) is 0 Å². The first kappa shape index (κ1) is 22.2. The number of aliphatic imine (C=N–C) groups is 1. The van der Waals surface area contributed by atoms with Gasteiger partial charge in [0, 0.05) is 39.8 Å². The van der Waals surface area contributed by atoms with Crippen molar-refractivity contribution in [2.45, 2.75) is 33.4 Å². The Labute approximate surface area is 168 Å². The maximum atomic E-state index is 11.7. The summed E-state index contributed by atoms with van der Waals surface area (Å²) in [5.74, 6) is 1.11. The first-order valence-electron chi connectivity index (χ1n) is 10.1. The van der Waals surface area contributed by atoms with E-state index in [4.69, 9.17) is 9.47 Å². The molecule has 0 aromatic heterocycles. The van der Waals surface area contributed by atoms with Crippen molar-refractivity contribution in [3.8, 4) is 0 Å². The third-order valence-corrected chi connectivity index (χ3v) is 4.49. The monoisotopic (exact) mass is 390 g/mol. The smallest absolute Gasteiger partial charge is 0.338 e. The molecule has 2 rings (SSSR count). The molecule has 0 spiro atoms. The van der Waals surface area contributed by atoms with E-state index in [0.29, 0.717) is 24.6 Å². The van der Waals surface area contributed by atoms with Crippen LogP contribution in [0.15, 0.2) is 29.3 Å². The molecule has 0 saturated carbocycles. The molecule has 7 nitrogen and oxygen atoms in total. The fraction of sp³-hybridized carbons (Fsp3) is 0.619.